The first-order valence-corrected chi connectivity index (χ1v) is 5.36. The maximum absolute atomic E-state index is 8.90. The third kappa shape index (κ3) is 3.43. The van der Waals surface area contributed by atoms with Gasteiger partial charge in [-0.2, -0.15) is 0 Å². The lowest BCUT2D eigenvalue weighted by Gasteiger charge is -2.26. The monoisotopic (exact) mass is 225 g/mol. The van der Waals surface area contributed by atoms with Crippen LogP contribution in [0, 0.1) is 0 Å². The average molecular weight is 225 g/mol. The molecule has 1 rings (SSSR count). The smallest absolute Gasteiger partial charge is 0.225 e. The van der Waals surface area contributed by atoms with E-state index in [1.807, 2.05) is 0 Å². The topological polar surface area (TPSA) is 58.5 Å². The molecule has 0 radical (unpaired) electrons. The van der Waals surface area contributed by atoms with Crippen molar-refractivity contribution in [3.05, 3.63) is 18.0 Å². The maximum Gasteiger partial charge on any atom is 0.225 e. The molecule has 0 aliphatic rings. The first-order chi connectivity index (χ1) is 7.69. The number of anilines is 1. The van der Waals surface area contributed by atoms with Crippen LogP contribution in [0.2, 0.25) is 0 Å². The highest BCUT2D eigenvalue weighted by Gasteiger charge is 2.12. The zero-order chi connectivity index (χ0) is 12.0. The van der Waals surface area contributed by atoms with Crippen LogP contribution in [0.1, 0.15) is 19.4 Å². The number of hydrogen-bond donors (Lipinski definition) is 1. The quantitative estimate of drug-likeness (QED) is 0.777. The van der Waals surface area contributed by atoms with Crippen molar-refractivity contribution in [2.45, 2.75) is 26.5 Å². The molecular weight excluding hydrogens is 206 g/mol. The molecule has 0 aromatic carbocycles. The Morgan fingerprint density at radius 1 is 1.38 bits per heavy atom. The summed E-state index contributed by atoms with van der Waals surface area (Å²) in [6, 6.07) is 0.315. The molecule has 0 saturated heterocycles. The summed E-state index contributed by atoms with van der Waals surface area (Å²) >= 11 is 0. The van der Waals surface area contributed by atoms with Gasteiger partial charge in [-0.15, -0.1) is 0 Å². The van der Waals surface area contributed by atoms with Crippen molar-refractivity contribution in [2.24, 2.45) is 0 Å². The van der Waals surface area contributed by atoms with Gasteiger partial charge >= 0.3 is 0 Å². The van der Waals surface area contributed by atoms with E-state index < -0.39 is 0 Å². The van der Waals surface area contributed by atoms with E-state index in [9.17, 15) is 0 Å². The Morgan fingerprint density at radius 3 is 2.44 bits per heavy atom. The zero-order valence-electron chi connectivity index (χ0n) is 10.1. The van der Waals surface area contributed by atoms with Crippen LogP contribution >= 0.6 is 0 Å². The summed E-state index contributed by atoms with van der Waals surface area (Å²) < 4.78 is 5.05. The van der Waals surface area contributed by atoms with E-state index in [0.29, 0.717) is 18.6 Å². The summed E-state index contributed by atoms with van der Waals surface area (Å²) in [6.45, 7) is 5.54. The molecule has 1 aromatic heterocycles. The molecule has 0 unspecified atom stereocenters. The molecule has 16 heavy (non-hydrogen) atoms. The van der Waals surface area contributed by atoms with Gasteiger partial charge in [0.1, 0.15) is 0 Å². The first kappa shape index (κ1) is 12.9. The van der Waals surface area contributed by atoms with Crippen LogP contribution in [-0.2, 0) is 11.3 Å². The second-order valence-electron chi connectivity index (χ2n) is 3.83. The fourth-order valence-corrected chi connectivity index (χ4v) is 1.36. The second-order valence-corrected chi connectivity index (χ2v) is 3.83. The lowest BCUT2D eigenvalue weighted by atomic mass is 10.3. The highest BCUT2D eigenvalue weighted by molar-refractivity contribution is 5.30. The SMILES string of the molecule is COCCN(c1ncc(CO)cn1)C(C)C. The fourth-order valence-electron chi connectivity index (χ4n) is 1.36. The Labute approximate surface area is 96.1 Å². The van der Waals surface area contributed by atoms with E-state index in [2.05, 4.69) is 28.7 Å². The van der Waals surface area contributed by atoms with Crippen molar-refractivity contribution in [2.75, 3.05) is 25.2 Å². The standard InChI is InChI=1S/C11H19N3O2/c1-9(2)14(4-5-16-3)11-12-6-10(8-15)7-13-11/h6-7,9,15H,4-5,8H2,1-3H3. The van der Waals surface area contributed by atoms with Gasteiger partial charge in [0.15, 0.2) is 0 Å². The molecule has 0 amide bonds. The Kier molecular flexibility index (Phi) is 5.14. The van der Waals surface area contributed by atoms with Crippen molar-refractivity contribution in [1.82, 2.24) is 9.97 Å². The molecule has 0 aliphatic carbocycles. The molecule has 5 heteroatoms. The minimum atomic E-state index is -0.0277. The number of ether oxygens (including phenoxy) is 1. The molecule has 90 valence electrons. The van der Waals surface area contributed by atoms with Crippen molar-refractivity contribution >= 4 is 5.95 Å². The highest BCUT2D eigenvalue weighted by atomic mass is 16.5. The van der Waals surface area contributed by atoms with Crippen LogP contribution in [0.3, 0.4) is 0 Å². The van der Waals surface area contributed by atoms with Gasteiger partial charge in [-0.1, -0.05) is 0 Å². The van der Waals surface area contributed by atoms with Crippen molar-refractivity contribution in [1.29, 1.82) is 0 Å². The first-order valence-electron chi connectivity index (χ1n) is 5.36. The van der Waals surface area contributed by atoms with Crippen LogP contribution in [0.15, 0.2) is 12.4 Å². The van der Waals surface area contributed by atoms with Crippen LogP contribution in [-0.4, -0.2) is 41.4 Å². The molecule has 5 nitrogen and oxygen atoms in total. The number of nitrogens with zero attached hydrogens (tertiary/aromatic N) is 3. The minimum absolute atomic E-state index is 0.0277. The Morgan fingerprint density at radius 2 is 2.00 bits per heavy atom. The van der Waals surface area contributed by atoms with Gasteiger partial charge in [0.25, 0.3) is 0 Å². The summed E-state index contributed by atoms with van der Waals surface area (Å²) in [5.74, 6) is 0.671. The van der Waals surface area contributed by atoms with Crippen LogP contribution in [0.25, 0.3) is 0 Å². The van der Waals surface area contributed by atoms with E-state index >= 15 is 0 Å². The Hall–Kier alpha value is -1.20. The third-order valence-electron chi connectivity index (χ3n) is 2.29. The predicted molar refractivity (Wildman–Crippen MR) is 62.3 cm³/mol. The van der Waals surface area contributed by atoms with E-state index in [1.165, 1.54) is 0 Å². The molecule has 0 fully saturated rings. The van der Waals surface area contributed by atoms with Gasteiger partial charge in [-0.3, -0.25) is 0 Å². The van der Waals surface area contributed by atoms with Gasteiger partial charge < -0.3 is 14.7 Å². The van der Waals surface area contributed by atoms with Crippen LogP contribution in [0.5, 0.6) is 0 Å². The largest absolute Gasteiger partial charge is 0.392 e. The zero-order valence-corrected chi connectivity index (χ0v) is 10.1. The van der Waals surface area contributed by atoms with Crippen LogP contribution in [0.4, 0.5) is 5.95 Å². The predicted octanol–water partition coefficient (Wildman–Crippen LogP) is 0.830. The van der Waals surface area contributed by atoms with Gasteiger partial charge in [0, 0.05) is 37.7 Å². The number of rotatable bonds is 6. The summed E-state index contributed by atoms with van der Waals surface area (Å²) in [7, 11) is 1.67. The fraction of sp³-hybridized carbons (Fsp3) is 0.636. The number of aliphatic hydroxyl groups excluding tert-OH is 1. The summed E-state index contributed by atoms with van der Waals surface area (Å²) in [4.78, 5) is 10.5. The molecule has 1 aromatic rings. The molecule has 0 bridgehead atoms. The summed E-state index contributed by atoms with van der Waals surface area (Å²) in [5.41, 5.74) is 0.721. The van der Waals surface area contributed by atoms with Gasteiger partial charge in [-0.05, 0) is 13.8 Å². The molecule has 0 saturated carbocycles. The lowest BCUT2D eigenvalue weighted by Crippen LogP contribution is -2.35. The Bertz CT molecular complexity index is 301. The van der Waals surface area contributed by atoms with E-state index in [0.717, 1.165) is 12.1 Å². The van der Waals surface area contributed by atoms with Crippen molar-refractivity contribution in [3.63, 3.8) is 0 Å². The van der Waals surface area contributed by atoms with E-state index in [1.54, 1.807) is 19.5 Å². The molecule has 0 atom stereocenters. The minimum Gasteiger partial charge on any atom is -0.392 e. The normalized spacial score (nSPS) is 10.8. The van der Waals surface area contributed by atoms with Gasteiger partial charge in [-0.25, -0.2) is 9.97 Å². The molecule has 1 N–H and O–H groups in total. The highest BCUT2D eigenvalue weighted by Crippen LogP contribution is 2.10. The van der Waals surface area contributed by atoms with Gasteiger partial charge in [0.2, 0.25) is 5.95 Å². The van der Waals surface area contributed by atoms with E-state index in [4.69, 9.17) is 9.84 Å². The van der Waals surface area contributed by atoms with E-state index in [-0.39, 0.29) is 6.61 Å². The van der Waals surface area contributed by atoms with Crippen molar-refractivity contribution in [3.8, 4) is 0 Å². The Balaban J connectivity index is 2.75. The number of methoxy groups -OCH3 is 1. The molecule has 0 aliphatic heterocycles. The molecule has 1 heterocycles. The van der Waals surface area contributed by atoms with Crippen molar-refractivity contribution < 1.29 is 9.84 Å². The number of hydrogen-bond acceptors (Lipinski definition) is 5. The summed E-state index contributed by atoms with van der Waals surface area (Å²) in [5, 5.41) is 8.90. The molecule has 0 spiro atoms. The number of aliphatic hydroxyl groups is 1. The summed E-state index contributed by atoms with van der Waals surface area (Å²) in [6.07, 6.45) is 3.29. The number of aromatic nitrogens is 2. The maximum atomic E-state index is 8.90. The second kappa shape index (κ2) is 6.40. The van der Waals surface area contributed by atoms with Crippen LogP contribution < -0.4 is 4.90 Å². The van der Waals surface area contributed by atoms with Gasteiger partial charge in [0.05, 0.1) is 13.2 Å². The lowest BCUT2D eigenvalue weighted by molar-refractivity contribution is 0.203. The third-order valence-corrected chi connectivity index (χ3v) is 2.29. The molecular formula is C11H19N3O2. The average Bonchev–Trinajstić information content (AvgIpc) is 2.30.